The summed E-state index contributed by atoms with van der Waals surface area (Å²) in [7, 11) is 2.72. The highest BCUT2D eigenvalue weighted by molar-refractivity contribution is 6.23. The lowest BCUT2D eigenvalue weighted by Crippen LogP contribution is -2.41. The largest absolute Gasteiger partial charge is 0.469 e. The van der Waals surface area contributed by atoms with Crippen molar-refractivity contribution in [2.75, 3.05) is 19.1 Å². The van der Waals surface area contributed by atoms with Crippen molar-refractivity contribution in [1.29, 1.82) is 0 Å². The highest BCUT2D eigenvalue weighted by Crippen LogP contribution is 2.56. The van der Waals surface area contributed by atoms with E-state index in [1.807, 2.05) is 58.0 Å². The number of ether oxygens (including phenoxy) is 2. The van der Waals surface area contributed by atoms with E-state index in [0.717, 1.165) is 60.4 Å². The number of aromatic nitrogens is 4. The second-order valence-electron chi connectivity index (χ2n) is 15.8. The molecule has 3 aliphatic heterocycles. The Balaban J connectivity index is 1.39. The smallest absolute Gasteiger partial charge is 0.305 e. The zero-order valence-electron chi connectivity index (χ0n) is 34.2. The zero-order valence-corrected chi connectivity index (χ0v) is 34.2. The molecule has 0 spiro atoms. The van der Waals surface area contributed by atoms with Crippen LogP contribution in [0.4, 0.5) is 11.4 Å². The summed E-state index contributed by atoms with van der Waals surface area (Å²) >= 11 is 0. The summed E-state index contributed by atoms with van der Waals surface area (Å²) in [6, 6.07) is 13.2. The van der Waals surface area contributed by atoms with Crippen molar-refractivity contribution in [2.45, 2.75) is 65.2 Å². The first-order valence-electron chi connectivity index (χ1n) is 19.7. The van der Waals surface area contributed by atoms with E-state index < -0.39 is 28.1 Å². The lowest BCUT2D eigenvalue weighted by molar-refractivity contribution is -0.384. The molecule has 1 fully saturated rings. The molecule has 3 atom stereocenters. The molecule has 4 aromatic rings. The monoisotopic (exact) mass is 808 g/mol. The number of nitro groups is 1. The number of hydrogen-bond acceptors (Lipinski definition) is 10. The van der Waals surface area contributed by atoms with Crippen LogP contribution in [0.1, 0.15) is 84.6 Å². The fraction of sp³-hybridized carbons (Fsp3) is 0.304. The van der Waals surface area contributed by atoms with E-state index >= 15 is 0 Å². The molecule has 306 valence electrons. The number of nitro benzene ring substituents is 1. The summed E-state index contributed by atoms with van der Waals surface area (Å²) < 4.78 is 9.98. The zero-order chi connectivity index (χ0) is 42.8. The van der Waals surface area contributed by atoms with Crippen molar-refractivity contribution in [2.24, 2.45) is 11.8 Å². The number of hydrogen-bond donors (Lipinski definition) is 2. The molecule has 0 unspecified atom stereocenters. The van der Waals surface area contributed by atoms with Crippen molar-refractivity contribution in [3.63, 3.8) is 0 Å². The number of esters is 2. The molecule has 14 heteroatoms. The van der Waals surface area contributed by atoms with Crippen LogP contribution in [0.25, 0.3) is 44.9 Å². The number of benzene rings is 1. The quantitative estimate of drug-likeness (QED) is 0.0725. The van der Waals surface area contributed by atoms with E-state index in [2.05, 4.69) is 16.5 Å². The summed E-state index contributed by atoms with van der Waals surface area (Å²) in [5.74, 6) is -3.00. The maximum absolute atomic E-state index is 14.7. The summed E-state index contributed by atoms with van der Waals surface area (Å²) in [6.07, 6.45) is 5.12. The van der Waals surface area contributed by atoms with Gasteiger partial charge in [0.1, 0.15) is 0 Å². The molecular weight excluding hydrogens is 765 g/mol. The maximum atomic E-state index is 14.7. The number of amides is 2. The topological polar surface area (TPSA) is 190 Å². The van der Waals surface area contributed by atoms with Gasteiger partial charge in [0.05, 0.1) is 59.4 Å². The van der Waals surface area contributed by atoms with Gasteiger partial charge in [-0.1, -0.05) is 18.7 Å². The van der Waals surface area contributed by atoms with Gasteiger partial charge >= 0.3 is 11.9 Å². The van der Waals surface area contributed by atoms with E-state index in [9.17, 15) is 29.3 Å². The number of aryl methyl sites for hydroxylation is 3. The summed E-state index contributed by atoms with van der Waals surface area (Å²) in [4.78, 5) is 83.3. The van der Waals surface area contributed by atoms with Gasteiger partial charge in [-0.25, -0.2) is 9.88 Å². The molecule has 6 heterocycles. The number of imide groups is 1. The first-order chi connectivity index (χ1) is 28.7. The van der Waals surface area contributed by atoms with E-state index in [1.54, 1.807) is 6.08 Å². The lowest BCUT2D eigenvalue weighted by Gasteiger charge is -2.37. The molecule has 3 aromatic heterocycles. The molecular formula is C46H44N6O8. The molecule has 2 amide bonds. The highest BCUT2D eigenvalue weighted by Gasteiger charge is 2.61. The Labute approximate surface area is 345 Å². The minimum absolute atomic E-state index is 0.137. The van der Waals surface area contributed by atoms with Gasteiger partial charge in [-0.05, 0) is 117 Å². The van der Waals surface area contributed by atoms with Gasteiger partial charge in [0, 0.05) is 58.0 Å². The van der Waals surface area contributed by atoms with Gasteiger partial charge < -0.3 is 19.4 Å². The molecule has 1 aromatic carbocycles. The van der Waals surface area contributed by atoms with Crippen LogP contribution in [0, 0.1) is 35.8 Å². The van der Waals surface area contributed by atoms with Crippen LogP contribution in [0.15, 0.2) is 61.2 Å². The number of H-pyrrole nitrogens is 2. The molecule has 1 aliphatic carbocycles. The number of allylic oxidation sites excluding steroid dienone is 4. The molecule has 0 saturated carbocycles. The minimum atomic E-state index is -1.07. The average molecular weight is 809 g/mol. The third-order valence-electron chi connectivity index (χ3n) is 12.7. The summed E-state index contributed by atoms with van der Waals surface area (Å²) in [6.45, 7) is 12.0. The van der Waals surface area contributed by atoms with E-state index in [-0.39, 0.29) is 48.5 Å². The highest BCUT2D eigenvalue weighted by atomic mass is 16.6. The standard InChI is InChI=1S/C46H44N6O8/c1-8-28-23(2)33-19-34-24(3)29(14-17-41(53)59-6)36(47-34)21-37-30(15-18-42(54)60-7)25(4)35(48-37)20-39-32-16-13-31-43(46(32,5)40(50-39)22-38(28)49-33)45(56)51(44(31)55)26-9-11-27(12-10-26)52(57)58/h8-12,16,19-22,31,43,48-49H,1,13-15,17-18H2,2-7H3/t31-,43+,46-/m1/s1. The van der Waals surface area contributed by atoms with Gasteiger partial charge in [-0.15, -0.1) is 0 Å². The van der Waals surface area contributed by atoms with Crippen LogP contribution >= 0.6 is 0 Å². The first-order valence-corrected chi connectivity index (χ1v) is 19.7. The number of nitrogens with one attached hydrogen (secondary N) is 2. The van der Waals surface area contributed by atoms with E-state index in [0.29, 0.717) is 41.1 Å². The average Bonchev–Trinajstić information content (AvgIpc) is 3.95. The van der Waals surface area contributed by atoms with Gasteiger partial charge in [0.15, 0.2) is 0 Å². The van der Waals surface area contributed by atoms with Crippen molar-refractivity contribution >= 4 is 80.0 Å². The summed E-state index contributed by atoms with van der Waals surface area (Å²) in [5.41, 5.74) is 10.6. The SMILES string of the molecule is C=Cc1c(C)c2cc3nc(cc4[nH]c(cc5nc(cc1[nH]2)[C@@]1(C)C5=CC[C@H]2C(=O)N(c5ccc([N+](=O)[O-])cc5)C(=O)[C@H]21)c(C)c4CCC(=O)OC)C(CCC(=O)OC)=C3C. The predicted octanol–water partition coefficient (Wildman–Crippen LogP) is 8.02. The molecule has 4 aliphatic rings. The van der Waals surface area contributed by atoms with Gasteiger partial charge in [0.2, 0.25) is 11.8 Å². The number of methoxy groups -OCH3 is 2. The minimum Gasteiger partial charge on any atom is -0.469 e. The number of fused-ring (bicyclic) bond motifs is 13. The van der Waals surface area contributed by atoms with Crippen LogP contribution in [-0.4, -0.2) is 62.8 Å². The fourth-order valence-corrected chi connectivity index (χ4v) is 9.33. The Hall–Kier alpha value is -6.96. The Morgan fingerprint density at radius 1 is 0.883 bits per heavy atom. The molecule has 2 N–H and O–H groups in total. The Kier molecular flexibility index (Phi) is 9.97. The molecule has 14 nitrogen and oxygen atoms in total. The molecule has 8 rings (SSSR count). The number of non-ortho nitro benzene ring substituents is 1. The number of anilines is 1. The molecule has 60 heavy (non-hydrogen) atoms. The first kappa shape index (κ1) is 39.8. The number of nitrogens with zero attached hydrogens (tertiary/aromatic N) is 4. The number of carbonyl (C=O) groups is 4. The fourth-order valence-electron chi connectivity index (χ4n) is 9.33. The van der Waals surface area contributed by atoms with Gasteiger partial charge in [-0.2, -0.15) is 0 Å². The number of carbonyl (C=O) groups excluding carboxylic acids is 4. The third kappa shape index (κ3) is 6.33. The lowest BCUT2D eigenvalue weighted by atomic mass is 9.61. The number of rotatable bonds is 9. The molecule has 8 bridgehead atoms. The van der Waals surface area contributed by atoms with Crippen LogP contribution < -0.4 is 4.90 Å². The normalized spacial score (nSPS) is 19.5. The Morgan fingerprint density at radius 3 is 2.18 bits per heavy atom. The van der Waals surface area contributed by atoms with Crippen molar-refractivity contribution in [1.82, 2.24) is 19.9 Å². The van der Waals surface area contributed by atoms with Crippen molar-refractivity contribution in [3.05, 3.63) is 116 Å². The van der Waals surface area contributed by atoms with Gasteiger partial charge in [0.25, 0.3) is 5.69 Å². The maximum Gasteiger partial charge on any atom is 0.305 e. The van der Waals surface area contributed by atoms with Gasteiger partial charge in [-0.3, -0.25) is 34.3 Å². The predicted molar refractivity (Wildman–Crippen MR) is 227 cm³/mol. The van der Waals surface area contributed by atoms with Crippen molar-refractivity contribution < 1.29 is 33.6 Å². The number of aromatic amines is 2. The molecule has 0 radical (unpaired) electrons. The van der Waals surface area contributed by atoms with Crippen LogP contribution in [0.2, 0.25) is 0 Å². The van der Waals surface area contributed by atoms with Crippen LogP contribution in [0.3, 0.4) is 0 Å². The second kappa shape index (κ2) is 15.0. The van der Waals surface area contributed by atoms with Crippen LogP contribution in [-0.2, 0) is 40.5 Å². The van der Waals surface area contributed by atoms with Crippen LogP contribution in [0.5, 0.6) is 0 Å². The van der Waals surface area contributed by atoms with E-state index in [4.69, 9.17) is 19.4 Å². The van der Waals surface area contributed by atoms with Crippen molar-refractivity contribution in [3.8, 4) is 0 Å². The Bertz CT molecular complexity index is 2810. The van der Waals surface area contributed by atoms with E-state index in [1.165, 1.54) is 38.5 Å². The Morgan fingerprint density at radius 2 is 1.52 bits per heavy atom. The summed E-state index contributed by atoms with van der Waals surface area (Å²) in [5, 5.41) is 11.4. The third-order valence-corrected chi connectivity index (χ3v) is 12.7. The molecule has 1 saturated heterocycles. The second-order valence-corrected chi connectivity index (χ2v) is 15.8.